The van der Waals surface area contributed by atoms with Crippen molar-refractivity contribution in [2.24, 2.45) is 9.98 Å². The Labute approximate surface area is 236 Å². The second-order valence-corrected chi connectivity index (χ2v) is 9.88. The Kier molecular flexibility index (Phi) is 8.12. The van der Waals surface area contributed by atoms with Gasteiger partial charge in [-0.3, -0.25) is 0 Å². The second kappa shape index (κ2) is 12.2. The molecule has 4 aromatic carbocycles. The molecule has 0 radical (unpaired) electrons. The van der Waals surface area contributed by atoms with E-state index in [0.717, 1.165) is 56.7 Å². The molecule has 0 N–H and O–H groups in total. The topological polar surface area (TPSA) is 44.1 Å². The van der Waals surface area contributed by atoms with Crippen LogP contribution in [0.15, 0.2) is 137 Å². The quantitative estimate of drug-likeness (QED) is 0.197. The Balaban J connectivity index is 1.61. The molecule has 5 aromatic rings. The predicted molar refractivity (Wildman–Crippen MR) is 169 cm³/mol. The number of aliphatic imine (C=N–C) groups is 2. The van der Waals surface area contributed by atoms with Crippen LogP contribution in [-0.4, -0.2) is 44.6 Å². The highest BCUT2D eigenvalue weighted by Crippen LogP contribution is 2.24. The molecule has 1 heterocycles. The predicted octanol–water partition coefficient (Wildman–Crippen LogP) is 7.55. The maximum Gasteiger partial charge on any atom is 0.0965 e. The van der Waals surface area contributed by atoms with Crippen molar-refractivity contribution in [1.82, 2.24) is 4.98 Å². The van der Waals surface area contributed by atoms with Gasteiger partial charge in [-0.2, -0.15) is 0 Å². The third-order valence-electron chi connectivity index (χ3n) is 6.54. The lowest BCUT2D eigenvalue weighted by molar-refractivity contribution is 1.13. The maximum absolute atomic E-state index is 5.13. The number of hydrogen-bond acceptors (Lipinski definition) is 5. The SMILES string of the molecule is CN(C)c1ccc(N=C(c2ccccc2)c2cccc(C(=Nc3ccc(N(C)C)cc3)c3ccccc3)n2)cc1. The van der Waals surface area contributed by atoms with Gasteiger partial charge in [0.2, 0.25) is 0 Å². The summed E-state index contributed by atoms with van der Waals surface area (Å²) in [5, 5.41) is 0. The van der Waals surface area contributed by atoms with E-state index in [9.17, 15) is 0 Å². The van der Waals surface area contributed by atoms with Crippen LogP contribution >= 0.6 is 0 Å². The van der Waals surface area contributed by atoms with E-state index in [2.05, 4.69) is 58.3 Å². The zero-order valence-electron chi connectivity index (χ0n) is 23.4. The first-order chi connectivity index (χ1) is 19.5. The summed E-state index contributed by atoms with van der Waals surface area (Å²) in [6.07, 6.45) is 0. The molecule has 0 saturated carbocycles. The highest BCUT2D eigenvalue weighted by atomic mass is 15.1. The van der Waals surface area contributed by atoms with E-state index in [1.54, 1.807) is 0 Å². The Morgan fingerprint density at radius 1 is 0.450 bits per heavy atom. The van der Waals surface area contributed by atoms with Gasteiger partial charge in [0.05, 0.1) is 34.2 Å². The highest BCUT2D eigenvalue weighted by Gasteiger charge is 2.14. The van der Waals surface area contributed by atoms with Gasteiger partial charge in [-0.25, -0.2) is 15.0 Å². The molecule has 1 aromatic heterocycles. The second-order valence-electron chi connectivity index (χ2n) is 9.88. The van der Waals surface area contributed by atoms with Gasteiger partial charge in [-0.15, -0.1) is 0 Å². The zero-order valence-corrected chi connectivity index (χ0v) is 23.4. The Hall–Kier alpha value is -5.03. The van der Waals surface area contributed by atoms with Gasteiger partial charge in [0.25, 0.3) is 0 Å². The van der Waals surface area contributed by atoms with Crippen molar-refractivity contribution in [2.75, 3.05) is 38.0 Å². The van der Waals surface area contributed by atoms with Crippen LogP contribution in [0.4, 0.5) is 22.7 Å². The summed E-state index contributed by atoms with van der Waals surface area (Å²) >= 11 is 0. The standard InChI is InChI=1S/C35H33N5/c1-39(2)30-22-18-28(19-23-30)36-34(26-12-7-5-8-13-26)32-16-11-17-33(38-32)35(27-14-9-6-10-15-27)37-29-20-24-31(25-21-29)40(3)4/h5-25H,1-4H3. The monoisotopic (exact) mass is 523 g/mol. The van der Waals surface area contributed by atoms with E-state index in [4.69, 9.17) is 15.0 Å². The van der Waals surface area contributed by atoms with E-state index in [0.29, 0.717) is 0 Å². The lowest BCUT2D eigenvalue weighted by Crippen LogP contribution is -2.11. The first-order valence-corrected chi connectivity index (χ1v) is 13.3. The average Bonchev–Trinajstić information content (AvgIpc) is 3.00. The van der Waals surface area contributed by atoms with Crippen LogP contribution in [0.5, 0.6) is 0 Å². The van der Waals surface area contributed by atoms with Gasteiger partial charge in [0.15, 0.2) is 0 Å². The summed E-state index contributed by atoms with van der Waals surface area (Å²) in [6, 6.07) is 42.9. The fourth-order valence-electron chi connectivity index (χ4n) is 4.34. The molecule has 0 bridgehead atoms. The normalized spacial score (nSPS) is 11.8. The fourth-order valence-corrected chi connectivity index (χ4v) is 4.34. The molecule has 0 aliphatic carbocycles. The Morgan fingerprint density at radius 3 is 1.18 bits per heavy atom. The molecule has 40 heavy (non-hydrogen) atoms. The first kappa shape index (κ1) is 26.6. The zero-order chi connectivity index (χ0) is 27.9. The largest absolute Gasteiger partial charge is 0.378 e. The summed E-state index contributed by atoms with van der Waals surface area (Å²) in [5.74, 6) is 0. The molecule has 0 amide bonds. The molecule has 0 spiro atoms. The lowest BCUT2D eigenvalue weighted by Gasteiger charge is -2.13. The highest BCUT2D eigenvalue weighted by molar-refractivity contribution is 6.15. The van der Waals surface area contributed by atoms with Crippen LogP contribution < -0.4 is 9.80 Å². The Bertz CT molecular complexity index is 1480. The van der Waals surface area contributed by atoms with Crippen molar-refractivity contribution in [1.29, 1.82) is 0 Å². The van der Waals surface area contributed by atoms with Crippen LogP contribution in [0.25, 0.3) is 0 Å². The molecule has 0 saturated heterocycles. The van der Waals surface area contributed by atoms with E-state index in [1.807, 2.05) is 107 Å². The number of rotatable bonds is 8. The summed E-state index contributed by atoms with van der Waals surface area (Å²) in [7, 11) is 8.13. The minimum absolute atomic E-state index is 0.784. The fraction of sp³-hybridized carbons (Fsp3) is 0.114. The minimum atomic E-state index is 0.784. The van der Waals surface area contributed by atoms with E-state index < -0.39 is 0 Å². The van der Waals surface area contributed by atoms with Crippen LogP contribution in [0.2, 0.25) is 0 Å². The third kappa shape index (κ3) is 6.33. The van der Waals surface area contributed by atoms with Crippen molar-refractivity contribution in [3.05, 3.63) is 150 Å². The number of aromatic nitrogens is 1. The van der Waals surface area contributed by atoms with Gasteiger partial charge in [0.1, 0.15) is 0 Å². The Morgan fingerprint density at radius 2 is 0.825 bits per heavy atom. The number of benzene rings is 4. The number of pyridine rings is 1. The van der Waals surface area contributed by atoms with Gasteiger partial charge in [-0.05, 0) is 60.7 Å². The van der Waals surface area contributed by atoms with Crippen molar-refractivity contribution < 1.29 is 0 Å². The molecular weight excluding hydrogens is 490 g/mol. The van der Waals surface area contributed by atoms with Gasteiger partial charge < -0.3 is 9.80 Å². The van der Waals surface area contributed by atoms with Gasteiger partial charge in [0, 0.05) is 50.7 Å². The number of anilines is 2. The molecule has 0 aliphatic heterocycles. The van der Waals surface area contributed by atoms with Crippen LogP contribution in [0.1, 0.15) is 22.5 Å². The average molecular weight is 524 g/mol. The summed E-state index contributed by atoms with van der Waals surface area (Å²) in [6.45, 7) is 0. The third-order valence-corrected chi connectivity index (χ3v) is 6.54. The number of hydrogen-bond donors (Lipinski definition) is 0. The molecule has 5 nitrogen and oxygen atoms in total. The molecule has 198 valence electrons. The summed E-state index contributed by atoms with van der Waals surface area (Å²) < 4.78 is 0. The van der Waals surface area contributed by atoms with Crippen molar-refractivity contribution in [3.8, 4) is 0 Å². The number of nitrogens with zero attached hydrogens (tertiary/aromatic N) is 5. The summed E-state index contributed by atoms with van der Waals surface area (Å²) in [4.78, 5) is 19.4. The molecule has 0 aliphatic rings. The van der Waals surface area contributed by atoms with E-state index >= 15 is 0 Å². The minimum Gasteiger partial charge on any atom is -0.378 e. The molecule has 5 heteroatoms. The van der Waals surface area contributed by atoms with Crippen molar-refractivity contribution in [3.63, 3.8) is 0 Å². The van der Waals surface area contributed by atoms with Crippen LogP contribution in [0, 0.1) is 0 Å². The van der Waals surface area contributed by atoms with Crippen molar-refractivity contribution >= 4 is 34.2 Å². The van der Waals surface area contributed by atoms with Gasteiger partial charge in [-0.1, -0.05) is 66.7 Å². The van der Waals surface area contributed by atoms with Crippen molar-refractivity contribution in [2.45, 2.75) is 0 Å². The van der Waals surface area contributed by atoms with Crippen LogP contribution in [0.3, 0.4) is 0 Å². The smallest absolute Gasteiger partial charge is 0.0965 e. The van der Waals surface area contributed by atoms with E-state index in [1.165, 1.54) is 0 Å². The van der Waals surface area contributed by atoms with Crippen LogP contribution in [-0.2, 0) is 0 Å². The molecule has 0 unspecified atom stereocenters. The molecule has 0 fully saturated rings. The lowest BCUT2D eigenvalue weighted by atomic mass is 10.0. The molecule has 5 rings (SSSR count). The first-order valence-electron chi connectivity index (χ1n) is 13.3. The molecule has 0 atom stereocenters. The van der Waals surface area contributed by atoms with E-state index in [-0.39, 0.29) is 0 Å². The molecular formula is C35H33N5. The van der Waals surface area contributed by atoms with Gasteiger partial charge >= 0.3 is 0 Å². The maximum atomic E-state index is 5.13. The summed E-state index contributed by atoms with van der Waals surface area (Å²) in [5.41, 5.74) is 9.18.